The maximum atomic E-state index is 12.9. The van der Waals surface area contributed by atoms with Crippen LogP contribution in [0.25, 0.3) is 0 Å². The van der Waals surface area contributed by atoms with E-state index in [0.29, 0.717) is 19.3 Å². The summed E-state index contributed by atoms with van der Waals surface area (Å²) in [6.45, 7) is 6.48. The van der Waals surface area contributed by atoms with Crippen molar-refractivity contribution in [1.82, 2.24) is 0 Å². The van der Waals surface area contributed by atoms with E-state index in [9.17, 15) is 14.4 Å². The minimum absolute atomic E-state index is 0.0980. The van der Waals surface area contributed by atoms with E-state index in [0.717, 1.165) is 77.0 Å². The number of carbonyl (C=O) groups excluding carboxylic acids is 3. The standard InChI is InChI=1S/C65H112O6/c1-4-7-10-13-16-19-22-25-28-30-32-34-37-40-43-46-49-52-55-58-64(67)70-61-62(60-69-63(66)57-54-51-48-45-42-39-36-27-24-21-18-15-12-9-6-3)71-65(68)59-56-53-50-47-44-41-38-35-33-31-29-26-23-20-17-14-11-8-5-2/h7,10,16,19,25-26,28-29,32,34,40,43,49,52,62H,4-6,8-9,11-15,17-18,20-24,27,30-31,33,35-39,41-42,44-48,50-51,53-61H2,1-3H3/b10-7+,19-16+,28-25+,29-26+,34-32+,43-40+,52-49+/t62-/m1/s1. The van der Waals surface area contributed by atoms with Crippen molar-refractivity contribution in [2.24, 2.45) is 0 Å². The lowest BCUT2D eigenvalue weighted by molar-refractivity contribution is -0.166. The smallest absolute Gasteiger partial charge is 0.306 e. The highest BCUT2D eigenvalue weighted by Crippen LogP contribution is 2.16. The highest BCUT2D eigenvalue weighted by atomic mass is 16.6. The third-order valence-corrected chi connectivity index (χ3v) is 12.9. The van der Waals surface area contributed by atoms with Gasteiger partial charge in [0, 0.05) is 19.3 Å². The second-order valence-electron chi connectivity index (χ2n) is 19.9. The quantitative estimate of drug-likeness (QED) is 0.0261. The number of allylic oxidation sites excluding steroid dienone is 14. The fraction of sp³-hybridized carbons (Fsp3) is 0.738. The van der Waals surface area contributed by atoms with E-state index in [-0.39, 0.29) is 37.5 Å². The summed E-state index contributed by atoms with van der Waals surface area (Å²) >= 11 is 0. The predicted octanol–water partition coefficient (Wildman–Crippen LogP) is 20.3. The predicted molar refractivity (Wildman–Crippen MR) is 307 cm³/mol. The number of rotatable bonds is 54. The van der Waals surface area contributed by atoms with Gasteiger partial charge >= 0.3 is 17.9 Å². The molecular weight excluding hydrogens is 877 g/mol. The van der Waals surface area contributed by atoms with Gasteiger partial charge in [0.15, 0.2) is 6.10 Å². The monoisotopic (exact) mass is 989 g/mol. The zero-order chi connectivity index (χ0) is 51.4. The van der Waals surface area contributed by atoms with Gasteiger partial charge in [-0.2, -0.15) is 0 Å². The Morgan fingerprint density at radius 1 is 0.296 bits per heavy atom. The summed E-state index contributed by atoms with van der Waals surface area (Å²) < 4.78 is 16.8. The van der Waals surface area contributed by atoms with Gasteiger partial charge in [-0.3, -0.25) is 14.4 Å². The summed E-state index contributed by atoms with van der Waals surface area (Å²) in [5.74, 6) is -0.978. The summed E-state index contributed by atoms with van der Waals surface area (Å²) in [6, 6.07) is 0. The fourth-order valence-corrected chi connectivity index (χ4v) is 8.41. The first-order valence-electron chi connectivity index (χ1n) is 30.1. The van der Waals surface area contributed by atoms with Crippen molar-refractivity contribution in [3.8, 4) is 0 Å². The molecule has 0 radical (unpaired) electrons. The van der Waals surface area contributed by atoms with E-state index in [4.69, 9.17) is 14.2 Å². The van der Waals surface area contributed by atoms with Crippen molar-refractivity contribution in [3.05, 3.63) is 85.1 Å². The molecule has 1 atom stereocenters. The Balaban J connectivity index is 4.47. The minimum atomic E-state index is -0.807. The summed E-state index contributed by atoms with van der Waals surface area (Å²) in [5.41, 5.74) is 0. The van der Waals surface area contributed by atoms with Gasteiger partial charge in [0.05, 0.1) is 0 Å². The van der Waals surface area contributed by atoms with E-state index < -0.39 is 6.10 Å². The van der Waals surface area contributed by atoms with Crippen LogP contribution in [-0.4, -0.2) is 37.2 Å². The van der Waals surface area contributed by atoms with Crippen LogP contribution in [0.4, 0.5) is 0 Å². The Morgan fingerprint density at radius 2 is 0.577 bits per heavy atom. The summed E-state index contributed by atoms with van der Waals surface area (Å²) in [4.78, 5) is 38.2. The highest BCUT2D eigenvalue weighted by molar-refractivity contribution is 5.71. The molecule has 0 rings (SSSR count). The Labute approximate surface area is 439 Å². The minimum Gasteiger partial charge on any atom is -0.462 e. The molecule has 6 heteroatoms. The van der Waals surface area contributed by atoms with Crippen LogP contribution >= 0.6 is 0 Å². The lowest BCUT2D eigenvalue weighted by Crippen LogP contribution is -2.30. The molecule has 0 aliphatic rings. The van der Waals surface area contributed by atoms with Gasteiger partial charge in [0.1, 0.15) is 13.2 Å². The molecular formula is C65H112O6. The largest absolute Gasteiger partial charge is 0.462 e. The van der Waals surface area contributed by atoms with E-state index in [1.54, 1.807) is 0 Å². The number of ether oxygens (including phenoxy) is 3. The van der Waals surface area contributed by atoms with Crippen molar-refractivity contribution in [2.75, 3.05) is 13.2 Å². The molecule has 0 bridgehead atoms. The van der Waals surface area contributed by atoms with Crippen LogP contribution in [0.2, 0.25) is 0 Å². The molecule has 0 fully saturated rings. The first kappa shape index (κ1) is 67.6. The second kappa shape index (κ2) is 59.2. The topological polar surface area (TPSA) is 78.9 Å². The number of hydrogen-bond acceptors (Lipinski definition) is 6. The van der Waals surface area contributed by atoms with Gasteiger partial charge in [-0.25, -0.2) is 0 Å². The molecule has 0 N–H and O–H groups in total. The summed E-state index contributed by atoms with van der Waals surface area (Å²) in [5, 5.41) is 0. The maximum Gasteiger partial charge on any atom is 0.306 e. The van der Waals surface area contributed by atoms with Crippen LogP contribution in [0.15, 0.2) is 85.1 Å². The molecule has 0 spiro atoms. The average molecular weight is 990 g/mol. The van der Waals surface area contributed by atoms with E-state index in [1.165, 1.54) is 167 Å². The third kappa shape index (κ3) is 57.4. The van der Waals surface area contributed by atoms with Gasteiger partial charge in [-0.05, 0) is 83.5 Å². The van der Waals surface area contributed by atoms with Crippen molar-refractivity contribution in [1.29, 1.82) is 0 Å². The van der Waals surface area contributed by atoms with Crippen molar-refractivity contribution in [2.45, 2.75) is 297 Å². The van der Waals surface area contributed by atoms with Gasteiger partial charge in [-0.1, -0.05) is 273 Å². The molecule has 0 aromatic rings. The Hall–Kier alpha value is -3.41. The number of hydrogen-bond donors (Lipinski definition) is 0. The van der Waals surface area contributed by atoms with Crippen LogP contribution in [0.5, 0.6) is 0 Å². The van der Waals surface area contributed by atoms with Gasteiger partial charge < -0.3 is 14.2 Å². The van der Waals surface area contributed by atoms with Gasteiger partial charge in [0.2, 0.25) is 0 Å². The normalized spacial score (nSPS) is 12.7. The molecule has 0 amide bonds. The molecule has 0 aromatic heterocycles. The Bertz CT molecular complexity index is 1370. The highest BCUT2D eigenvalue weighted by Gasteiger charge is 2.19. The molecule has 71 heavy (non-hydrogen) atoms. The number of unbranched alkanes of at least 4 members (excludes halogenated alkanes) is 29. The van der Waals surface area contributed by atoms with E-state index in [1.807, 2.05) is 6.08 Å². The van der Waals surface area contributed by atoms with Crippen molar-refractivity contribution in [3.63, 3.8) is 0 Å². The van der Waals surface area contributed by atoms with Crippen LogP contribution < -0.4 is 0 Å². The van der Waals surface area contributed by atoms with Crippen LogP contribution in [0, 0.1) is 0 Å². The van der Waals surface area contributed by atoms with Gasteiger partial charge in [-0.15, -0.1) is 0 Å². The van der Waals surface area contributed by atoms with Crippen LogP contribution in [0.1, 0.15) is 290 Å². The Kier molecular flexibility index (Phi) is 56.3. The summed E-state index contributed by atoms with van der Waals surface area (Å²) in [7, 11) is 0. The zero-order valence-corrected chi connectivity index (χ0v) is 46.7. The third-order valence-electron chi connectivity index (χ3n) is 12.9. The molecule has 0 aliphatic carbocycles. The molecule has 408 valence electrons. The van der Waals surface area contributed by atoms with Gasteiger partial charge in [0.25, 0.3) is 0 Å². The summed E-state index contributed by atoms with van der Waals surface area (Å²) in [6.07, 6.45) is 77.3. The lowest BCUT2D eigenvalue weighted by atomic mass is 10.0. The van der Waals surface area contributed by atoms with E-state index >= 15 is 0 Å². The zero-order valence-electron chi connectivity index (χ0n) is 46.7. The molecule has 6 nitrogen and oxygen atoms in total. The number of carbonyl (C=O) groups is 3. The van der Waals surface area contributed by atoms with Crippen LogP contribution in [-0.2, 0) is 28.6 Å². The molecule has 0 unspecified atom stereocenters. The SMILES string of the molecule is CC/C=C/C/C=C/C/C=C/C/C=C/C/C=C/C/C=C/CCC(=O)OC[C@@H](COC(=O)CCCCCCCCCCCCCCCCC)OC(=O)CCCCCCCCCCC/C=C/CCCCCCCC. The maximum absolute atomic E-state index is 12.9. The Morgan fingerprint density at radius 3 is 0.944 bits per heavy atom. The lowest BCUT2D eigenvalue weighted by Gasteiger charge is -2.18. The molecule has 0 aliphatic heterocycles. The van der Waals surface area contributed by atoms with Crippen molar-refractivity contribution >= 4 is 17.9 Å². The first-order valence-corrected chi connectivity index (χ1v) is 30.1. The second-order valence-corrected chi connectivity index (χ2v) is 19.9. The van der Waals surface area contributed by atoms with Crippen LogP contribution in [0.3, 0.4) is 0 Å². The first-order chi connectivity index (χ1) is 35.0. The molecule has 0 saturated carbocycles. The number of esters is 3. The van der Waals surface area contributed by atoms with Crippen molar-refractivity contribution < 1.29 is 28.6 Å². The molecule has 0 saturated heterocycles. The van der Waals surface area contributed by atoms with E-state index in [2.05, 4.69) is 99.8 Å². The fourth-order valence-electron chi connectivity index (χ4n) is 8.41. The average Bonchev–Trinajstić information content (AvgIpc) is 3.37. The molecule has 0 aromatic carbocycles. The molecule has 0 heterocycles.